The Morgan fingerprint density at radius 3 is 2.75 bits per heavy atom. The molecule has 1 unspecified atom stereocenters. The Morgan fingerprint density at radius 1 is 1.30 bits per heavy atom. The minimum atomic E-state index is 0.0214. The Morgan fingerprint density at radius 2 is 2.10 bits per heavy atom. The summed E-state index contributed by atoms with van der Waals surface area (Å²) in [6.45, 7) is 2.51. The predicted molar refractivity (Wildman–Crippen MR) is 80.2 cm³/mol. The monoisotopic (exact) mass is 272 g/mol. The van der Waals surface area contributed by atoms with E-state index in [9.17, 15) is 4.79 Å². The van der Waals surface area contributed by atoms with Crippen LogP contribution in [-0.4, -0.2) is 18.7 Å². The van der Waals surface area contributed by atoms with E-state index in [1.165, 1.54) is 0 Å². The van der Waals surface area contributed by atoms with Gasteiger partial charge in [0, 0.05) is 18.8 Å². The number of aromatic nitrogens is 1. The molecule has 0 aliphatic carbocycles. The lowest BCUT2D eigenvalue weighted by molar-refractivity contribution is 0.412. The zero-order valence-electron chi connectivity index (χ0n) is 12.1. The fourth-order valence-electron chi connectivity index (χ4n) is 2.18. The predicted octanol–water partition coefficient (Wildman–Crippen LogP) is 2.13. The van der Waals surface area contributed by atoms with Gasteiger partial charge in [0.05, 0.1) is 13.2 Å². The molecule has 4 heteroatoms. The van der Waals surface area contributed by atoms with E-state index >= 15 is 0 Å². The fraction of sp³-hybridized carbons (Fsp3) is 0.312. The summed E-state index contributed by atoms with van der Waals surface area (Å²) in [5.41, 5.74) is 2.10. The van der Waals surface area contributed by atoms with Gasteiger partial charge < -0.3 is 14.6 Å². The Bertz CT molecular complexity index is 634. The molecule has 0 aliphatic rings. The number of pyridine rings is 1. The molecular formula is C16H20N2O2. The first-order valence-corrected chi connectivity index (χ1v) is 6.62. The van der Waals surface area contributed by atoms with Crippen LogP contribution in [0.1, 0.15) is 17.2 Å². The van der Waals surface area contributed by atoms with Crippen molar-refractivity contribution in [1.29, 1.82) is 0 Å². The summed E-state index contributed by atoms with van der Waals surface area (Å²) in [7, 11) is 3.54. The molecular weight excluding hydrogens is 252 g/mol. The van der Waals surface area contributed by atoms with Crippen LogP contribution in [0.25, 0.3) is 0 Å². The van der Waals surface area contributed by atoms with Crippen LogP contribution in [0, 0.1) is 6.92 Å². The first-order valence-electron chi connectivity index (χ1n) is 6.62. The summed E-state index contributed by atoms with van der Waals surface area (Å²) < 4.78 is 6.96. The normalized spacial score (nSPS) is 12.2. The van der Waals surface area contributed by atoms with E-state index in [-0.39, 0.29) is 11.6 Å². The van der Waals surface area contributed by atoms with Gasteiger partial charge in [0.1, 0.15) is 5.75 Å². The molecule has 0 radical (unpaired) electrons. The van der Waals surface area contributed by atoms with E-state index < -0.39 is 0 Å². The van der Waals surface area contributed by atoms with Crippen molar-refractivity contribution in [3.05, 3.63) is 64.1 Å². The zero-order chi connectivity index (χ0) is 14.5. The second kappa shape index (κ2) is 6.39. The van der Waals surface area contributed by atoms with E-state index in [0.717, 1.165) is 16.9 Å². The third kappa shape index (κ3) is 3.27. The molecule has 0 fully saturated rings. The number of nitrogens with zero attached hydrogens (tertiary/aromatic N) is 1. The van der Waals surface area contributed by atoms with Gasteiger partial charge in [0.25, 0.3) is 5.56 Å². The SMILES string of the molecule is CNC(Cn1ccc(C)cc1=O)c1cccc(OC)c1. The average molecular weight is 272 g/mol. The topological polar surface area (TPSA) is 43.3 Å². The van der Waals surface area contributed by atoms with Crippen LogP contribution < -0.4 is 15.6 Å². The van der Waals surface area contributed by atoms with Crippen LogP contribution in [0.5, 0.6) is 5.75 Å². The zero-order valence-corrected chi connectivity index (χ0v) is 12.1. The van der Waals surface area contributed by atoms with E-state index in [2.05, 4.69) is 5.32 Å². The molecule has 0 aliphatic heterocycles. The van der Waals surface area contributed by atoms with Crippen molar-refractivity contribution in [3.63, 3.8) is 0 Å². The summed E-state index contributed by atoms with van der Waals surface area (Å²) in [4.78, 5) is 12.0. The summed E-state index contributed by atoms with van der Waals surface area (Å²) >= 11 is 0. The summed E-state index contributed by atoms with van der Waals surface area (Å²) in [5, 5.41) is 3.24. The van der Waals surface area contributed by atoms with Crippen molar-refractivity contribution in [2.45, 2.75) is 19.5 Å². The van der Waals surface area contributed by atoms with Gasteiger partial charge in [-0.1, -0.05) is 12.1 Å². The maximum atomic E-state index is 12.0. The molecule has 2 aromatic rings. The van der Waals surface area contributed by atoms with E-state index in [4.69, 9.17) is 4.74 Å². The van der Waals surface area contributed by atoms with Crippen molar-refractivity contribution in [3.8, 4) is 5.75 Å². The van der Waals surface area contributed by atoms with Crippen LogP contribution in [0.2, 0.25) is 0 Å². The molecule has 106 valence electrons. The Hall–Kier alpha value is -2.07. The summed E-state index contributed by atoms with van der Waals surface area (Å²) in [5.74, 6) is 0.819. The van der Waals surface area contributed by atoms with Crippen molar-refractivity contribution in [1.82, 2.24) is 9.88 Å². The number of hydrogen-bond donors (Lipinski definition) is 1. The number of nitrogens with one attached hydrogen (secondary N) is 1. The van der Waals surface area contributed by atoms with Gasteiger partial charge in [0.15, 0.2) is 0 Å². The molecule has 1 aromatic heterocycles. The molecule has 1 atom stereocenters. The lowest BCUT2D eigenvalue weighted by atomic mass is 10.1. The maximum absolute atomic E-state index is 12.0. The Kier molecular flexibility index (Phi) is 4.58. The summed E-state index contributed by atoms with van der Waals surface area (Å²) in [6.07, 6.45) is 1.84. The second-order valence-electron chi connectivity index (χ2n) is 4.81. The third-order valence-corrected chi connectivity index (χ3v) is 3.38. The number of hydrogen-bond acceptors (Lipinski definition) is 3. The number of benzene rings is 1. The molecule has 0 saturated carbocycles. The smallest absolute Gasteiger partial charge is 0.250 e. The molecule has 1 N–H and O–H groups in total. The molecule has 4 nitrogen and oxygen atoms in total. The molecule has 0 bridgehead atoms. The molecule has 20 heavy (non-hydrogen) atoms. The highest BCUT2D eigenvalue weighted by Gasteiger charge is 2.11. The third-order valence-electron chi connectivity index (χ3n) is 3.38. The lowest BCUT2D eigenvalue weighted by Crippen LogP contribution is -2.28. The van der Waals surface area contributed by atoms with Crippen molar-refractivity contribution >= 4 is 0 Å². The highest BCUT2D eigenvalue weighted by Crippen LogP contribution is 2.19. The number of likely N-dealkylation sites (N-methyl/N-ethyl adjacent to an activating group) is 1. The maximum Gasteiger partial charge on any atom is 0.250 e. The molecule has 0 spiro atoms. The van der Waals surface area contributed by atoms with Crippen LogP contribution in [-0.2, 0) is 6.54 Å². The first-order chi connectivity index (χ1) is 9.63. The van der Waals surface area contributed by atoms with Gasteiger partial charge in [-0.2, -0.15) is 0 Å². The van der Waals surface area contributed by atoms with Crippen molar-refractivity contribution in [2.24, 2.45) is 0 Å². The number of methoxy groups -OCH3 is 1. The largest absolute Gasteiger partial charge is 0.497 e. The summed E-state index contributed by atoms with van der Waals surface area (Å²) in [6, 6.07) is 11.5. The molecule has 2 rings (SSSR count). The highest BCUT2D eigenvalue weighted by molar-refractivity contribution is 5.30. The van der Waals surface area contributed by atoms with Crippen LogP contribution in [0.3, 0.4) is 0 Å². The fourth-order valence-corrected chi connectivity index (χ4v) is 2.18. The first kappa shape index (κ1) is 14.3. The minimum Gasteiger partial charge on any atom is -0.497 e. The van der Waals surface area contributed by atoms with Crippen LogP contribution in [0.4, 0.5) is 0 Å². The van der Waals surface area contributed by atoms with Gasteiger partial charge in [-0.05, 0) is 43.3 Å². The van der Waals surface area contributed by atoms with Crippen LogP contribution in [0.15, 0.2) is 47.4 Å². The standard InChI is InChI=1S/C16H20N2O2/c1-12-7-8-18(16(19)9-12)11-15(17-2)13-5-4-6-14(10-13)20-3/h4-10,15,17H,11H2,1-3H3. The van der Waals surface area contributed by atoms with E-state index in [0.29, 0.717) is 6.54 Å². The van der Waals surface area contributed by atoms with Crippen LogP contribution >= 0.6 is 0 Å². The Balaban J connectivity index is 2.26. The molecule has 0 saturated heterocycles. The van der Waals surface area contributed by atoms with Gasteiger partial charge in [-0.15, -0.1) is 0 Å². The van der Waals surface area contributed by atoms with Crippen molar-refractivity contribution < 1.29 is 4.74 Å². The van der Waals surface area contributed by atoms with Crippen molar-refractivity contribution in [2.75, 3.05) is 14.2 Å². The van der Waals surface area contributed by atoms with E-state index in [1.54, 1.807) is 17.7 Å². The number of rotatable bonds is 5. The Labute approximate surface area is 119 Å². The highest BCUT2D eigenvalue weighted by atomic mass is 16.5. The minimum absolute atomic E-state index is 0.0214. The molecule has 0 amide bonds. The van der Waals surface area contributed by atoms with E-state index in [1.807, 2.05) is 50.5 Å². The molecule has 1 aromatic carbocycles. The van der Waals surface area contributed by atoms with Gasteiger partial charge in [-0.25, -0.2) is 0 Å². The molecule has 1 heterocycles. The van der Waals surface area contributed by atoms with Gasteiger partial charge in [-0.3, -0.25) is 4.79 Å². The lowest BCUT2D eigenvalue weighted by Gasteiger charge is -2.18. The number of ether oxygens (including phenoxy) is 1. The number of aryl methyl sites for hydroxylation is 1. The quantitative estimate of drug-likeness (QED) is 0.906. The average Bonchev–Trinajstić information content (AvgIpc) is 2.46. The van der Waals surface area contributed by atoms with Gasteiger partial charge in [0.2, 0.25) is 0 Å². The second-order valence-corrected chi connectivity index (χ2v) is 4.81. The van der Waals surface area contributed by atoms with Gasteiger partial charge >= 0.3 is 0 Å².